The van der Waals surface area contributed by atoms with E-state index in [4.69, 9.17) is 0 Å². The van der Waals surface area contributed by atoms with Gasteiger partial charge in [0, 0.05) is 49.7 Å². The number of para-hydroxylation sites is 5. The number of aromatic nitrogens is 2. The molecule has 12 rings (SSSR count). The van der Waals surface area contributed by atoms with Crippen molar-refractivity contribution in [1.82, 2.24) is 9.13 Å². The second kappa shape index (κ2) is 10.4. The normalized spacial score (nSPS) is 12.9. The maximum atomic E-state index is 2.68. The van der Waals surface area contributed by atoms with Crippen molar-refractivity contribution in [3.63, 3.8) is 0 Å². The summed E-state index contributed by atoms with van der Waals surface area (Å²) in [5.74, 6) is 0. The molecule has 0 atom stereocenters. The van der Waals surface area contributed by atoms with Gasteiger partial charge in [0.15, 0.2) is 0 Å². The number of nitrogens with zero attached hydrogens (tertiary/aromatic N) is 3. The Morgan fingerprint density at radius 3 is 1.48 bits per heavy atom. The molecule has 0 unspecified atom stereocenters. The van der Waals surface area contributed by atoms with Crippen molar-refractivity contribution in [3.05, 3.63) is 182 Å². The number of rotatable bonds is 2. The van der Waals surface area contributed by atoms with Crippen LogP contribution >= 0.6 is 0 Å². The molecule has 2 aliphatic heterocycles. The van der Waals surface area contributed by atoms with Crippen LogP contribution in [-0.4, -0.2) is 16.0 Å². The van der Waals surface area contributed by atoms with E-state index in [0.29, 0.717) is 0 Å². The van der Waals surface area contributed by atoms with E-state index in [0.717, 1.165) is 11.4 Å². The van der Waals surface area contributed by atoms with Crippen LogP contribution in [0.5, 0.6) is 0 Å². The summed E-state index contributed by atoms with van der Waals surface area (Å²) in [5, 5.41) is 5.09. The fraction of sp³-hybridized carbons (Fsp3) is 0. The second-order valence-electron chi connectivity index (χ2n) is 14.0. The molecule has 0 amide bonds. The third-order valence-corrected chi connectivity index (χ3v) is 11.5. The van der Waals surface area contributed by atoms with Gasteiger partial charge in [-0.3, -0.25) is 0 Å². The summed E-state index contributed by atoms with van der Waals surface area (Å²) in [7, 11) is 0. The lowest BCUT2D eigenvalue weighted by Gasteiger charge is -2.44. The molecule has 3 nitrogen and oxygen atoms in total. The molecule has 0 N–H and O–H groups in total. The Morgan fingerprint density at radius 2 is 0.827 bits per heavy atom. The third kappa shape index (κ3) is 3.51. The van der Waals surface area contributed by atoms with Crippen molar-refractivity contribution in [3.8, 4) is 33.6 Å². The smallest absolute Gasteiger partial charge is 0.329 e. The average Bonchev–Trinajstić information content (AvgIpc) is 3.75. The zero-order chi connectivity index (χ0) is 33.9. The molecule has 0 bridgehead atoms. The molecule has 4 heteroatoms. The minimum absolute atomic E-state index is 0.00719. The van der Waals surface area contributed by atoms with Crippen LogP contribution in [-0.2, 0) is 0 Å². The van der Waals surface area contributed by atoms with Crippen molar-refractivity contribution in [1.29, 1.82) is 0 Å². The van der Waals surface area contributed by atoms with Gasteiger partial charge in [-0.15, -0.1) is 0 Å². The highest BCUT2D eigenvalue weighted by molar-refractivity contribution is 6.93. The van der Waals surface area contributed by atoms with Gasteiger partial charge in [-0.05, 0) is 64.5 Å². The van der Waals surface area contributed by atoms with E-state index in [1.807, 2.05) is 0 Å². The number of hydrogen-bond acceptors (Lipinski definition) is 1. The Bertz CT molecular complexity index is 3080. The van der Waals surface area contributed by atoms with E-state index in [1.165, 1.54) is 88.2 Å². The Hall–Kier alpha value is -6.78. The standard InChI is InChI=1S/C48H30BN3/c1-3-17-31(18-4-1)50-40-28-14-10-24-36(40)43-44-37-25-11-15-29-41(37)51(32-19-5-2-6-20-32)47(44)48-45(46(43)50)35-23-8-13-27-39(35)49-38-26-12-7-21-33(38)34-22-9-16-30-42(34)52(48)49/h1-30H. The highest BCUT2D eigenvalue weighted by atomic mass is 15.1. The van der Waals surface area contributed by atoms with Crippen LogP contribution < -0.4 is 15.7 Å². The molecular weight excluding hydrogens is 629 g/mol. The van der Waals surface area contributed by atoms with E-state index in [1.54, 1.807) is 0 Å². The molecule has 2 aliphatic rings. The summed E-state index contributed by atoms with van der Waals surface area (Å²) >= 11 is 0. The quantitative estimate of drug-likeness (QED) is 0.168. The first-order valence-corrected chi connectivity index (χ1v) is 18.1. The fourth-order valence-electron chi connectivity index (χ4n) is 9.55. The number of hydrogen-bond donors (Lipinski definition) is 0. The van der Waals surface area contributed by atoms with Crippen LogP contribution in [0.1, 0.15) is 0 Å². The molecule has 0 fully saturated rings. The van der Waals surface area contributed by atoms with Crippen molar-refractivity contribution in [2.75, 3.05) is 4.81 Å². The molecular formula is C48H30BN3. The van der Waals surface area contributed by atoms with E-state index >= 15 is 0 Å². The maximum Gasteiger partial charge on any atom is 0.329 e. The van der Waals surface area contributed by atoms with Gasteiger partial charge >= 0.3 is 6.85 Å². The Labute approximate surface area is 301 Å². The first kappa shape index (κ1) is 28.0. The second-order valence-corrected chi connectivity index (χ2v) is 14.0. The molecule has 0 spiro atoms. The van der Waals surface area contributed by atoms with Crippen LogP contribution in [0, 0.1) is 0 Å². The summed E-state index contributed by atoms with van der Waals surface area (Å²) in [4.78, 5) is 2.68. The van der Waals surface area contributed by atoms with Crippen LogP contribution in [0.25, 0.3) is 77.2 Å². The predicted molar refractivity (Wildman–Crippen MR) is 220 cm³/mol. The highest BCUT2D eigenvalue weighted by Crippen LogP contribution is 2.56. The molecule has 52 heavy (non-hydrogen) atoms. The van der Waals surface area contributed by atoms with Crippen molar-refractivity contribution >= 4 is 72.8 Å². The summed E-state index contributed by atoms with van der Waals surface area (Å²) in [6.45, 7) is -0.00719. The van der Waals surface area contributed by atoms with Crippen molar-refractivity contribution < 1.29 is 0 Å². The summed E-state index contributed by atoms with van der Waals surface area (Å²) in [5.41, 5.74) is 17.5. The molecule has 0 saturated carbocycles. The molecule has 10 aromatic rings. The molecule has 240 valence electrons. The van der Waals surface area contributed by atoms with Gasteiger partial charge in [-0.1, -0.05) is 140 Å². The van der Waals surface area contributed by atoms with E-state index in [-0.39, 0.29) is 6.85 Å². The lowest BCUT2D eigenvalue weighted by Crippen LogP contribution is -2.59. The Morgan fingerprint density at radius 1 is 0.365 bits per heavy atom. The minimum atomic E-state index is -0.00719. The Balaban J connectivity index is 1.42. The van der Waals surface area contributed by atoms with E-state index in [2.05, 4.69) is 196 Å². The minimum Gasteiger partial charge on any atom is -0.374 e. The lowest BCUT2D eigenvalue weighted by molar-refractivity contribution is 1.16. The van der Waals surface area contributed by atoms with Gasteiger partial charge in [-0.25, -0.2) is 0 Å². The van der Waals surface area contributed by atoms with Gasteiger partial charge in [0.05, 0.1) is 27.8 Å². The van der Waals surface area contributed by atoms with Crippen LogP contribution in [0.2, 0.25) is 0 Å². The maximum absolute atomic E-state index is 2.68. The highest BCUT2D eigenvalue weighted by Gasteiger charge is 2.45. The first-order valence-electron chi connectivity index (χ1n) is 18.1. The predicted octanol–water partition coefficient (Wildman–Crippen LogP) is 10.8. The zero-order valence-electron chi connectivity index (χ0n) is 28.2. The molecule has 2 aromatic heterocycles. The largest absolute Gasteiger partial charge is 0.374 e. The first-order chi connectivity index (χ1) is 25.9. The topological polar surface area (TPSA) is 13.1 Å². The lowest BCUT2D eigenvalue weighted by atomic mass is 9.43. The van der Waals surface area contributed by atoms with Gasteiger partial charge in [0.2, 0.25) is 0 Å². The summed E-state index contributed by atoms with van der Waals surface area (Å²) in [6, 6.07) is 67.1. The summed E-state index contributed by atoms with van der Waals surface area (Å²) < 4.78 is 5.06. The number of anilines is 2. The van der Waals surface area contributed by atoms with Gasteiger partial charge in [0.1, 0.15) is 0 Å². The zero-order valence-corrected chi connectivity index (χ0v) is 28.2. The monoisotopic (exact) mass is 659 g/mol. The van der Waals surface area contributed by atoms with Gasteiger partial charge in [-0.2, -0.15) is 0 Å². The third-order valence-electron chi connectivity index (χ3n) is 11.5. The SMILES string of the molecule is c1ccc(-n2c3ccccc3c3c4c5ccccc5n(-c5ccccc5)c4c4c(c32)-c2ccccc2B2c3ccccc3-c3ccccc3N24)cc1. The van der Waals surface area contributed by atoms with E-state index in [9.17, 15) is 0 Å². The van der Waals surface area contributed by atoms with Crippen LogP contribution in [0.15, 0.2) is 182 Å². The van der Waals surface area contributed by atoms with Crippen molar-refractivity contribution in [2.45, 2.75) is 0 Å². The molecule has 8 aromatic carbocycles. The number of benzene rings is 8. The molecule has 0 radical (unpaired) electrons. The molecule has 0 aliphatic carbocycles. The average molecular weight is 660 g/mol. The van der Waals surface area contributed by atoms with Gasteiger partial charge < -0.3 is 13.9 Å². The number of fused-ring (bicyclic) bond motifs is 20. The molecule has 0 saturated heterocycles. The van der Waals surface area contributed by atoms with E-state index < -0.39 is 0 Å². The van der Waals surface area contributed by atoms with Crippen molar-refractivity contribution in [2.24, 2.45) is 0 Å². The Kier molecular flexibility index (Phi) is 5.58. The fourth-order valence-corrected chi connectivity index (χ4v) is 9.55. The molecule has 4 heterocycles. The summed E-state index contributed by atoms with van der Waals surface area (Å²) in [6.07, 6.45) is 0. The van der Waals surface area contributed by atoms with Gasteiger partial charge in [0.25, 0.3) is 0 Å². The van der Waals surface area contributed by atoms with Crippen LogP contribution in [0.4, 0.5) is 11.4 Å². The van der Waals surface area contributed by atoms with Crippen LogP contribution in [0.3, 0.4) is 0 Å².